The van der Waals surface area contributed by atoms with E-state index in [0.717, 1.165) is 12.2 Å². The van der Waals surface area contributed by atoms with Crippen molar-refractivity contribution in [2.24, 2.45) is 5.92 Å². The molecular weight excluding hydrogens is 234 g/mol. The fourth-order valence-electron chi connectivity index (χ4n) is 3.16. The van der Waals surface area contributed by atoms with Gasteiger partial charge in [0.1, 0.15) is 0 Å². The minimum absolute atomic E-state index is 0.614. The summed E-state index contributed by atoms with van der Waals surface area (Å²) in [5, 5.41) is 0. The zero-order valence-corrected chi connectivity index (χ0v) is 12.0. The monoisotopic (exact) mass is 259 g/mol. The fourth-order valence-corrected chi connectivity index (χ4v) is 3.16. The van der Waals surface area contributed by atoms with Gasteiger partial charge in [-0.15, -0.1) is 0 Å². The van der Waals surface area contributed by atoms with Gasteiger partial charge in [-0.05, 0) is 43.7 Å². The number of hydrogen-bond acceptors (Lipinski definition) is 2. The summed E-state index contributed by atoms with van der Waals surface area (Å²) in [6.07, 6.45) is 13.3. The SMILES string of the molecule is CCCCCC1CCC(c2ccc(C=O)cn2)CC1. The molecule has 0 saturated heterocycles. The van der Waals surface area contributed by atoms with Gasteiger partial charge in [-0.3, -0.25) is 9.78 Å². The van der Waals surface area contributed by atoms with E-state index in [4.69, 9.17) is 0 Å². The summed E-state index contributed by atoms with van der Waals surface area (Å²) >= 11 is 0. The van der Waals surface area contributed by atoms with E-state index in [2.05, 4.69) is 11.9 Å². The summed E-state index contributed by atoms with van der Waals surface area (Å²) in [4.78, 5) is 15.1. The summed E-state index contributed by atoms with van der Waals surface area (Å²) in [5.41, 5.74) is 1.86. The Labute approximate surface area is 116 Å². The van der Waals surface area contributed by atoms with Gasteiger partial charge in [0, 0.05) is 23.4 Å². The number of aldehydes is 1. The number of nitrogens with zero attached hydrogens (tertiary/aromatic N) is 1. The lowest BCUT2D eigenvalue weighted by Gasteiger charge is -2.28. The van der Waals surface area contributed by atoms with Crippen LogP contribution in [0.5, 0.6) is 0 Å². The van der Waals surface area contributed by atoms with Gasteiger partial charge in [0.15, 0.2) is 6.29 Å². The average molecular weight is 259 g/mol. The molecule has 1 aliphatic rings. The Morgan fingerprint density at radius 1 is 1.21 bits per heavy atom. The third-order valence-electron chi connectivity index (χ3n) is 4.43. The van der Waals surface area contributed by atoms with Crippen LogP contribution in [-0.2, 0) is 0 Å². The molecule has 2 heteroatoms. The Bertz CT molecular complexity index is 377. The van der Waals surface area contributed by atoms with Crippen LogP contribution in [0.1, 0.15) is 80.3 Å². The molecule has 2 rings (SSSR count). The van der Waals surface area contributed by atoms with Crippen LogP contribution in [0.4, 0.5) is 0 Å². The van der Waals surface area contributed by atoms with Crippen molar-refractivity contribution in [2.45, 2.75) is 64.2 Å². The Hall–Kier alpha value is -1.18. The molecule has 0 amide bonds. The Kier molecular flexibility index (Phi) is 5.56. The first kappa shape index (κ1) is 14.2. The van der Waals surface area contributed by atoms with Crippen LogP contribution < -0.4 is 0 Å². The molecule has 1 heterocycles. The first-order valence-electron chi connectivity index (χ1n) is 7.74. The van der Waals surface area contributed by atoms with Gasteiger partial charge in [-0.2, -0.15) is 0 Å². The number of rotatable bonds is 6. The zero-order valence-electron chi connectivity index (χ0n) is 12.0. The lowest BCUT2D eigenvalue weighted by atomic mass is 9.78. The maximum atomic E-state index is 10.6. The van der Waals surface area contributed by atoms with E-state index in [-0.39, 0.29) is 0 Å². The second-order valence-electron chi connectivity index (χ2n) is 5.85. The second kappa shape index (κ2) is 7.42. The molecule has 0 N–H and O–H groups in total. The summed E-state index contributed by atoms with van der Waals surface area (Å²) in [5.74, 6) is 1.56. The molecule has 104 valence electrons. The maximum Gasteiger partial charge on any atom is 0.151 e. The van der Waals surface area contributed by atoms with Crippen LogP contribution in [0.2, 0.25) is 0 Å². The van der Waals surface area contributed by atoms with Crippen molar-refractivity contribution in [3.8, 4) is 0 Å². The number of carbonyl (C=O) groups excluding carboxylic acids is 1. The standard InChI is InChI=1S/C17H25NO/c1-2-3-4-5-14-6-9-16(10-7-14)17-11-8-15(13-19)12-18-17/h8,11-14,16H,2-7,9-10H2,1H3. The molecule has 1 fully saturated rings. The maximum absolute atomic E-state index is 10.6. The molecule has 0 bridgehead atoms. The van der Waals surface area contributed by atoms with E-state index in [1.54, 1.807) is 6.20 Å². The van der Waals surface area contributed by atoms with Crippen LogP contribution in [0.3, 0.4) is 0 Å². The van der Waals surface area contributed by atoms with Gasteiger partial charge >= 0.3 is 0 Å². The third-order valence-corrected chi connectivity index (χ3v) is 4.43. The van der Waals surface area contributed by atoms with E-state index in [0.29, 0.717) is 11.5 Å². The van der Waals surface area contributed by atoms with Crippen LogP contribution in [0, 0.1) is 5.92 Å². The van der Waals surface area contributed by atoms with Gasteiger partial charge in [-0.25, -0.2) is 0 Å². The topological polar surface area (TPSA) is 30.0 Å². The summed E-state index contributed by atoms with van der Waals surface area (Å²) in [7, 11) is 0. The number of unbranched alkanes of at least 4 members (excludes halogenated alkanes) is 2. The van der Waals surface area contributed by atoms with Crippen LogP contribution in [0.15, 0.2) is 18.3 Å². The molecule has 1 aromatic rings. The molecule has 0 spiro atoms. The van der Waals surface area contributed by atoms with E-state index >= 15 is 0 Å². The van der Waals surface area contributed by atoms with Crippen molar-refractivity contribution >= 4 is 6.29 Å². The van der Waals surface area contributed by atoms with Gasteiger partial charge < -0.3 is 0 Å². The molecule has 1 aromatic heterocycles. The second-order valence-corrected chi connectivity index (χ2v) is 5.85. The van der Waals surface area contributed by atoms with Gasteiger partial charge in [-0.1, -0.05) is 32.6 Å². The normalized spacial score (nSPS) is 23.2. The largest absolute Gasteiger partial charge is 0.298 e. The van der Waals surface area contributed by atoms with Crippen LogP contribution in [0.25, 0.3) is 0 Å². The summed E-state index contributed by atoms with van der Waals surface area (Å²) < 4.78 is 0. The molecule has 0 aliphatic heterocycles. The van der Waals surface area contributed by atoms with E-state index in [9.17, 15) is 4.79 Å². The highest BCUT2D eigenvalue weighted by Crippen LogP contribution is 2.36. The van der Waals surface area contributed by atoms with E-state index in [1.807, 2.05) is 12.1 Å². The molecule has 2 nitrogen and oxygen atoms in total. The van der Waals surface area contributed by atoms with E-state index < -0.39 is 0 Å². The quantitative estimate of drug-likeness (QED) is 0.545. The summed E-state index contributed by atoms with van der Waals surface area (Å²) in [6.45, 7) is 2.27. The molecule has 0 unspecified atom stereocenters. The first-order chi connectivity index (χ1) is 9.33. The predicted molar refractivity (Wildman–Crippen MR) is 78.5 cm³/mol. The van der Waals surface area contributed by atoms with E-state index in [1.165, 1.54) is 57.1 Å². The third kappa shape index (κ3) is 4.15. The van der Waals surface area contributed by atoms with Gasteiger partial charge in [0.05, 0.1) is 0 Å². The molecule has 0 atom stereocenters. The minimum Gasteiger partial charge on any atom is -0.298 e. The Morgan fingerprint density at radius 3 is 2.58 bits per heavy atom. The van der Waals surface area contributed by atoms with Crippen molar-refractivity contribution in [1.29, 1.82) is 0 Å². The highest BCUT2D eigenvalue weighted by Gasteiger charge is 2.22. The highest BCUT2D eigenvalue weighted by atomic mass is 16.1. The lowest BCUT2D eigenvalue weighted by molar-refractivity contribution is 0.112. The molecule has 0 radical (unpaired) electrons. The molecule has 19 heavy (non-hydrogen) atoms. The van der Waals surface area contributed by atoms with Crippen molar-refractivity contribution in [2.75, 3.05) is 0 Å². The van der Waals surface area contributed by atoms with Gasteiger partial charge in [0.25, 0.3) is 0 Å². The molecule has 1 aliphatic carbocycles. The molecule has 0 aromatic carbocycles. The first-order valence-corrected chi connectivity index (χ1v) is 7.74. The molecular formula is C17H25NO. The number of hydrogen-bond donors (Lipinski definition) is 0. The highest BCUT2D eigenvalue weighted by molar-refractivity contribution is 5.73. The van der Waals surface area contributed by atoms with Crippen molar-refractivity contribution in [1.82, 2.24) is 4.98 Å². The Balaban J connectivity index is 1.80. The number of aromatic nitrogens is 1. The van der Waals surface area contributed by atoms with Crippen LogP contribution >= 0.6 is 0 Å². The number of pyridine rings is 1. The van der Waals surface area contributed by atoms with Gasteiger partial charge in [0.2, 0.25) is 0 Å². The Morgan fingerprint density at radius 2 is 2.00 bits per heavy atom. The van der Waals surface area contributed by atoms with Crippen LogP contribution in [-0.4, -0.2) is 11.3 Å². The molecule has 1 saturated carbocycles. The van der Waals surface area contributed by atoms with Crippen molar-refractivity contribution in [3.63, 3.8) is 0 Å². The summed E-state index contributed by atoms with van der Waals surface area (Å²) in [6, 6.07) is 3.93. The van der Waals surface area contributed by atoms with Crippen molar-refractivity contribution < 1.29 is 4.79 Å². The fraction of sp³-hybridized carbons (Fsp3) is 0.647. The number of carbonyl (C=O) groups is 1. The predicted octanol–water partition coefficient (Wildman–Crippen LogP) is 4.75. The minimum atomic E-state index is 0.614. The average Bonchev–Trinajstić information content (AvgIpc) is 2.48. The zero-order chi connectivity index (χ0) is 13.5. The lowest BCUT2D eigenvalue weighted by Crippen LogP contribution is -2.14. The van der Waals surface area contributed by atoms with Crippen molar-refractivity contribution in [3.05, 3.63) is 29.6 Å². The smallest absolute Gasteiger partial charge is 0.151 e.